The first-order chi connectivity index (χ1) is 14.6. The van der Waals surface area contributed by atoms with Gasteiger partial charge < -0.3 is 9.64 Å². The molecule has 0 radical (unpaired) electrons. The minimum absolute atomic E-state index is 0.0794. The van der Waals surface area contributed by atoms with Crippen LogP contribution in [0.4, 0.5) is 13.2 Å². The lowest BCUT2D eigenvalue weighted by molar-refractivity contribution is -0.142. The monoisotopic (exact) mass is 440 g/mol. The van der Waals surface area contributed by atoms with E-state index >= 15 is 0 Å². The van der Waals surface area contributed by atoms with E-state index in [1.54, 1.807) is 4.90 Å². The summed E-state index contributed by atoms with van der Waals surface area (Å²) in [7, 11) is 2.43. The molecule has 0 aliphatic carbocycles. The molecule has 1 unspecified atom stereocenters. The predicted molar refractivity (Wildman–Crippen MR) is 105 cm³/mol. The van der Waals surface area contributed by atoms with Crippen LogP contribution in [-0.4, -0.2) is 50.7 Å². The van der Waals surface area contributed by atoms with Gasteiger partial charge in [0, 0.05) is 45.4 Å². The zero-order chi connectivity index (χ0) is 22.5. The van der Waals surface area contributed by atoms with Crippen molar-refractivity contribution >= 4 is 16.9 Å². The standard InChI is InChI=1S/C20H23F3N4O4/c1-25-16-15(18(29)26(2)19(25)30)12(20(21,22)23)10-13(24-16)11-5-7-27(8-6-11)17(28)14-4-3-9-31-14/h10-11,14H,3-9H2,1-2H3. The van der Waals surface area contributed by atoms with Crippen molar-refractivity contribution in [2.75, 3.05) is 19.7 Å². The number of aryl methyl sites for hydroxylation is 1. The van der Waals surface area contributed by atoms with Gasteiger partial charge in [0.15, 0.2) is 0 Å². The Morgan fingerprint density at radius 3 is 2.39 bits per heavy atom. The van der Waals surface area contributed by atoms with Crippen molar-refractivity contribution in [3.8, 4) is 0 Å². The molecule has 4 heterocycles. The number of hydrogen-bond acceptors (Lipinski definition) is 5. The molecule has 11 heteroatoms. The van der Waals surface area contributed by atoms with E-state index in [1.807, 2.05) is 0 Å². The number of hydrogen-bond donors (Lipinski definition) is 0. The average Bonchev–Trinajstić information content (AvgIpc) is 3.29. The molecule has 31 heavy (non-hydrogen) atoms. The zero-order valence-electron chi connectivity index (χ0n) is 17.2. The van der Waals surface area contributed by atoms with E-state index in [0.717, 1.165) is 24.1 Å². The maximum Gasteiger partial charge on any atom is 0.417 e. The van der Waals surface area contributed by atoms with Crippen molar-refractivity contribution in [1.82, 2.24) is 19.0 Å². The molecule has 2 aromatic heterocycles. The number of rotatable bonds is 2. The Morgan fingerprint density at radius 1 is 1.13 bits per heavy atom. The minimum atomic E-state index is -4.78. The Kier molecular flexibility index (Phi) is 5.40. The molecule has 2 aliphatic rings. The second-order valence-electron chi connectivity index (χ2n) is 8.10. The predicted octanol–water partition coefficient (Wildman–Crippen LogP) is 1.54. The maximum atomic E-state index is 13.8. The molecule has 0 spiro atoms. The number of ether oxygens (including phenoxy) is 1. The molecule has 2 aromatic rings. The fraction of sp³-hybridized carbons (Fsp3) is 0.600. The highest BCUT2D eigenvalue weighted by Gasteiger charge is 2.37. The lowest BCUT2D eigenvalue weighted by Crippen LogP contribution is -2.43. The van der Waals surface area contributed by atoms with Crippen molar-refractivity contribution < 1.29 is 22.7 Å². The lowest BCUT2D eigenvalue weighted by atomic mass is 9.91. The normalized spacial score (nSPS) is 20.5. The van der Waals surface area contributed by atoms with Gasteiger partial charge in [-0.3, -0.25) is 18.7 Å². The molecule has 1 atom stereocenters. The van der Waals surface area contributed by atoms with Crippen LogP contribution in [0.5, 0.6) is 0 Å². The summed E-state index contributed by atoms with van der Waals surface area (Å²) in [6.45, 7) is 1.34. The van der Waals surface area contributed by atoms with Gasteiger partial charge in [-0.25, -0.2) is 9.78 Å². The fourth-order valence-corrected chi connectivity index (χ4v) is 4.38. The number of likely N-dealkylation sites (tertiary alicyclic amines) is 1. The number of piperidine rings is 1. The third-order valence-corrected chi connectivity index (χ3v) is 6.17. The molecule has 0 N–H and O–H groups in total. The van der Waals surface area contributed by atoms with Crippen LogP contribution in [0.15, 0.2) is 15.7 Å². The molecule has 4 rings (SSSR count). The van der Waals surface area contributed by atoms with E-state index < -0.39 is 34.5 Å². The van der Waals surface area contributed by atoms with Crippen molar-refractivity contribution in [3.63, 3.8) is 0 Å². The number of pyridine rings is 1. The largest absolute Gasteiger partial charge is 0.417 e. The maximum absolute atomic E-state index is 13.8. The van der Waals surface area contributed by atoms with E-state index in [2.05, 4.69) is 4.98 Å². The van der Waals surface area contributed by atoms with E-state index in [0.29, 0.717) is 43.5 Å². The van der Waals surface area contributed by atoms with E-state index in [-0.39, 0.29) is 23.2 Å². The van der Waals surface area contributed by atoms with Crippen molar-refractivity contribution in [2.45, 2.75) is 43.9 Å². The topological polar surface area (TPSA) is 86.4 Å². The van der Waals surface area contributed by atoms with Gasteiger partial charge in [-0.1, -0.05) is 0 Å². The quantitative estimate of drug-likeness (QED) is 0.707. The summed E-state index contributed by atoms with van der Waals surface area (Å²) in [4.78, 5) is 43.2. The second-order valence-corrected chi connectivity index (χ2v) is 8.10. The number of aromatic nitrogens is 3. The van der Waals surface area contributed by atoms with Crippen LogP contribution in [0.25, 0.3) is 11.0 Å². The summed E-state index contributed by atoms with van der Waals surface area (Å²) >= 11 is 0. The molecule has 2 aliphatic heterocycles. The fourth-order valence-electron chi connectivity index (χ4n) is 4.38. The highest BCUT2D eigenvalue weighted by Crippen LogP contribution is 2.36. The van der Waals surface area contributed by atoms with E-state index in [1.165, 1.54) is 7.05 Å². The Morgan fingerprint density at radius 2 is 1.81 bits per heavy atom. The molecule has 8 nitrogen and oxygen atoms in total. The minimum Gasteiger partial charge on any atom is -0.368 e. The Hall–Kier alpha value is -2.69. The molecule has 0 bridgehead atoms. The highest BCUT2D eigenvalue weighted by atomic mass is 19.4. The van der Waals surface area contributed by atoms with Crippen LogP contribution in [0.3, 0.4) is 0 Å². The summed E-state index contributed by atoms with van der Waals surface area (Å²) in [5, 5.41) is -0.619. The van der Waals surface area contributed by atoms with Gasteiger partial charge in [0.1, 0.15) is 11.8 Å². The average molecular weight is 440 g/mol. The highest BCUT2D eigenvalue weighted by molar-refractivity contribution is 5.81. The van der Waals surface area contributed by atoms with Gasteiger partial charge in [0.2, 0.25) is 0 Å². The van der Waals surface area contributed by atoms with E-state index in [4.69, 9.17) is 4.74 Å². The van der Waals surface area contributed by atoms with Crippen molar-refractivity contribution in [2.24, 2.45) is 14.1 Å². The smallest absolute Gasteiger partial charge is 0.368 e. The summed E-state index contributed by atoms with van der Waals surface area (Å²) in [5.74, 6) is -0.400. The van der Waals surface area contributed by atoms with Gasteiger partial charge in [-0.05, 0) is 31.7 Å². The molecule has 168 valence electrons. The van der Waals surface area contributed by atoms with Gasteiger partial charge in [-0.15, -0.1) is 0 Å². The number of carbonyl (C=O) groups is 1. The van der Waals surface area contributed by atoms with Gasteiger partial charge in [0.05, 0.1) is 10.9 Å². The molecular formula is C20H23F3N4O4. The van der Waals surface area contributed by atoms with E-state index in [9.17, 15) is 27.6 Å². The lowest BCUT2D eigenvalue weighted by Gasteiger charge is -2.33. The number of carbonyl (C=O) groups excluding carboxylic acids is 1. The molecule has 0 saturated carbocycles. The summed E-state index contributed by atoms with van der Waals surface area (Å²) in [5.41, 5.74) is -2.97. The van der Waals surface area contributed by atoms with Gasteiger partial charge in [0.25, 0.3) is 11.5 Å². The van der Waals surface area contributed by atoms with Crippen LogP contribution < -0.4 is 11.2 Å². The molecule has 0 aromatic carbocycles. The number of fused-ring (bicyclic) bond motifs is 1. The molecular weight excluding hydrogens is 417 g/mol. The first kappa shape index (κ1) is 21.5. The number of amides is 1. The number of halogens is 3. The first-order valence-electron chi connectivity index (χ1n) is 10.2. The zero-order valence-corrected chi connectivity index (χ0v) is 17.2. The Labute approximate surface area is 175 Å². The summed E-state index contributed by atoms with van der Waals surface area (Å²) in [6, 6.07) is 0.913. The Balaban J connectivity index is 1.70. The third kappa shape index (κ3) is 3.75. The van der Waals surface area contributed by atoms with Crippen LogP contribution in [0, 0.1) is 0 Å². The number of nitrogens with zero attached hydrogens (tertiary/aromatic N) is 4. The van der Waals surface area contributed by atoms with Crippen LogP contribution in [0.2, 0.25) is 0 Å². The molecule has 2 saturated heterocycles. The SMILES string of the molecule is Cn1c(=O)c2c(C(F)(F)F)cc(C3CCN(C(=O)C4CCCO4)CC3)nc2n(C)c1=O. The first-order valence-corrected chi connectivity index (χ1v) is 10.2. The van der Waals surface area contributed by atoms with Gasteiger partial charge in [-0.2, -0.15) is 13.2 Å². The third-order valence-electron chi connectivity index (χ3n) is 6.17. The number of alkyl halides is 3. The van der Waals surface area contributed by atoms with Crippen LogP contribution in [-0.2, 0) is 29.8 Å². The molecule has 1 amide bonds. The summed E-state index contributed by atoms with van der Waals surface area (Å²) < 4.78 is 48.5. The van der Waals surface area contributed by atoms with Crippen LogP contribution in [0.1, 0.15) is 42.9 Å². The Bertz CT molecular complexity index is 1140. The van der Waals surface area contributed by atoms with Crippen molar-refractivity contribution in [1.29, 1.82) is 0 Å². The second kappa shape index (κ2) is 7.77. The summed E-state index contributed by atoms with van der Waals surface area (Å²) in [6.07, 6.45) is -2.82. The van der Waals surface area contributed by atoms with Gasteiger partial charge >= 0.3 is 11.9 Å². The van der Waals surface area contributed by atoms with Crippen molar-refractivity contribution in [3.05, 3.63) is 38.2 Å². The van der Waals surface area contributed by atoms with Crippen LogP contribution >= 0.6 is 0 Å². The molecule has 2 fully saturated rings.